The van der Waals surface area contributed by atoms with E-state index in [1.54, 1.807) is 13.0 Å². The minimum atomic E-state index is -0.395. The van der Waals surface area contributed by atoms with Crippen LogP contribution in [0, 0.1) is 0 Å². The number of ether oxygens (including phenoxy) is 3. The molecule has 0 radical (unpaired) electrons. The van der Waals surface area contributed by atoms with Crippen LogP contribution in [-0.2, 0) is 9.47 Å². The standard InChI is InChI=1S/C14H21N3O4/c1-2-20-14(18)12-9-13-17(15-12)11(3-6-21-13)10-16-4-7-19-8-5-16/h9,11H,2-8,10H2,1H3. The highest BCUT2D eigenvalue weighted by atomic mass is 16.5. The Hall–Kier alpha value is -1.60. The van der Waals surface area contributed by atoms with Crippen LogP contribution in [0.1, 0.15) is 29.9 Å². The van der Waals surface area contributed by atoms with E-state index in [1.165, 1.54) is 0 Å². The molecule has 0 N–H and O–H groups in total. The first kappa shape index (κ1) is 14.3. The second-order valence-electron chi connectivity index (χ2n) is 5.24. The molecular formula is C14H21N3O4. The maximum absolute atomic E-state index is 11.8. The molecule has 116 valence electrons. The van der Waals surface area contributed by atoms with Crippen molar-refractivity contribution in [3.8, 4) is 5.88 Å². The van der Waals surface area contributed by atoms with E-state index in [-0.39, 0.29) is 6.04 Å². The summed E-state index contributed by atoms with van der Waals surface area (Å²) in [5, 5.41) is 4.38. The third kappa shape index (κ3) is 3.19. The van der Waals surface area contributed by atoms with Crippen LogP contribution in [0.15, 0.2) is 6.07 Å². The van der Waals surface area contributed by atoms with Gasteiger partial charge in [0.15, 0.2) is 5.69 Å². The summed E-state index contributed by atoms with van der Waals surface area (Å²) in [5.74, 6) is 0.260. The second-order valence-corrected chi connectivity index (χ2v) is 5.24. The lowest BCUT2D eigenvalue weighted by atomic mass is 10.2. The Labute approximate surface area is 123 Å². The van der Waals surface area contributed by atoms with Gasteiger partial charge in [0.05, 0.1) is 32.5 Å². The molecule has 1 aromatic rings. The lowest BCUT2D eigenvalue weighted by Gasteiger charge is -2.32. The lowest BCUT2D eigenvalue weighted by molar-refractivity contribution is 0.0256. The lowest BCUT2D eigenvalue weighted by Crippen LogP contribution is -2.41. The fourth-order valence-electron chi connectivity index (χ4n) is 2.72. The number of fused-ring (bicyclic) bond motifs is 1. The molecule has 7 nitrogen and oxygen atoms in total. The predicted octanol–water partition coefficient (Wildman–Crippen LogP) is 0.716. The SMILES string of the molecule is CCOC(=O)c1cc2n(n1)C(CN1CCOCC1)CCO2. The van der Waals surface area contributed by atoms with Crippen LogP contribution in [-0.4, -0.2) is 66.7 Å². The van der Waals surface area contributed by atoms with Crippen molar-refractivity contribution in [2.45, 2.75) is 19.4 Å². The number of esters is 1. The van der Waals surface area contributed by atoms with Gasteiger partial charge in [-0.2, -0.15) is 5.10 Å². The zero-order valence-electron chi connectivity index (χ0n) is 12.3. The molecule has 1 aromatic heterocycles. The van der Waals surface area contributed by atoms with E-state index in [4.69, 9.17) is 14.2 Å². The van der Waals surface area contributed by atoms with Gasteiger partial charge in [-0.05, 0) is 6.92 Å². The molecule has 0 bridgehead atoms. The molecule has 7 heteroatoms. The number of hydrogen-bond acceptors (Lipinski definition) is 6. The highest BCUT2D eigenvalue weighted by molar-refractivity contribution is 5.87. The van der Waals surface area contributed by atoms with Crippen LogP contribution < -0.4 is 4.74 Å². The van der Waals surface area contributed by atoms with Crippen molar-refractivity contribution < 1.29 is 19.0 Å². The van der Waals surface area contributed by atoms with Crippen molar-refractivity contribution in [3.05, 3.63) is 11.8 Å². The Morgan fingerprint density at radius 2 is 2.24 bits per heavy atom. The summed E-state index contributed by atoms with van der Waals surface area (Å²) >= 11 is 0. The second kappa shape index (κ2) is 6.44. The van der Waals surface area contributed by atoms with Gasteiger partial charge in [0.2, 0.25) is 5.88 Å². The highest BCUT2D eigenvalue weighted by Crippen LogP contribution is 2.27. The number of hydrogen-bond donors (Lipinski definition) is 0. The van der Waals surface area contributed by atoms with Crippen molar-refractivity contribution in [1.82, 2.24) is 14.7 Å². The number of morpholine rings is 1. The minimum absolute atomic E-state index is 0.232. The van der Waals surface area contributed by atoms with E-state index < -0.39 is 5.97 Å². The quantitative estimate of drug-likeness (QED) is 0.762. The molecule has 21 heavy (non-hydrogen) atoms. The Balaban J connectivity index is 1.72. The number of nitrogens with zero attached hydrogens (tertiary/aromatic N) is 3. The summed E-state index contributed by atoms with van der Waals surface area (Å²) in [6, 6.07) is 1.90. The van der Waals surface area contributed by atoms with E-state index in [1.807, 2.05) is 4.68 Å². The van der Waals surface area contributed by atoms with Gasteiger partial charge >= 0.3 is 5.97 Å². The molecule has 1 saturated heterocycles. The van der Waals surface area contributed by atoms with Crippen LogP contribution in [0.5, 0.6) is 5.88 Å². The third-order valence-corrected chi connectivity index (χ3v) is 3.81. The average Bonchev–Trinajstić information content (AvgIpc) is 2.94. The first-order valence-corrected chi connectivity index (χ1v) is 7.47. The maximum Gasteiger partial charge on any atom is 0.358 e. The van der Waals surface area contributed by atoms with Crippen molar-refractivity contribution in [2.75, 3.05) is 46.1 Å². The molecule has 1 unspecified atom stereocenters. The summed E-state index contributed by atoms with van der Waals surface area (Å²) < 4.78 is 17.8. The monoisotopic (exact) mass is 295 g/mol. The summed E-state index contributed by atoms with van der Waals surface area (Å²) in [6.45, 7) is 7.14. The van der Waals surface area contributed by atoms with Crippen LogP contribution in [0.2, 0.25) is 0 Å². The smallest absolute Gasteiger partial charge is 0.358 e. The Bertz CT molecular complexity index is 496. The first-order chi connectivity index (χ1) is 10.3. The van der Waals surface area contributed by atoms with Gasteiger partial charge in [-0.1, -0.05) is 0 Å². The molecule has 1 fully saturated rings. The summed E-state index contributed by atoms with van der Waals surface area (Å²) in [7, 11) is 0. The zero-order valence-corrected chi connectivity index (χ0v) is 12.3. The maximum atomic E-state index is 11.8. The summed E-state index contributed by atoms with van der Waals surface area (Å²) in [6.07, 6.45) is 0.897. The van der Waals surface area contributed by atoms with E-state index in [9.17, 15) is 4.79 Å². The fourth-order valence-corrected chi connectivity index (χ4v) is 2.72. The van der Waals surface area contributed by atoms with Crippen LogP contribution >= 0.6 is 0 Å². The van der Waals surface area contributed by atoms with E-state index in [0.29, 0.717) is 24.8 Å². The van der Waals surface area contributed by atoms with Crippen LogP contribution in [0.25, 0.3) is 0 Å². The molecule has 3 rings (SSSR count). The van der Waals surface area contributed by atoms with Crippen molar-refractivity contribution in [1.29, 1.82) is 0 Å². The zero-order chi connectivity index (χ0) is 14.7. The van der Waals surface area contributed by atoms with Gasteiger partial charge in [0, 0.05) is 32.1 Å². The van der Waals surface area contributed by atoms with E-state index in [0.717, 1.165) is 39.3 Å². The molecule has 0 amide bonds. The van der Waals surface area contributed by atoms with Gasteiger partial charge in [0.1, 0.15) is 0 Å². The van der Waals surface area contributed by atoms with Crippen molar-refractivity contribution in [2.24, 2.45) is 0 Å². The average molecular weight is 295 g/mol. The molecule has 2 aliphatic heterocycles. The molecule has 3 heterocycles. The van der Waals surface area contributed by atoms with Gasteiger partial charge in [-0.15, -0.1) is 0 Å². The Morgan fingerprint density at radius 1 is 1.43 bits per heavy atom. The summed E-state index contributed by atoms with van der Waals surface area (Å²) in [4.78, 5) is 14.1. The van der Waals surface area contributed by atoms with Gasteiger partial charge < -0.3 is 14.2 Å². The highest BCUT2D eigenvalue weighted by Gasteiger charge is 2.27. The topological polar surface area (TPSA) is 65.8 Å². The molecule has 0 spiro atoms. The van der Waals surface area contributed by atoms with Crippen molar-refractivity contribution >= 4 is 5.97 Å². The minimum Gasteiger partial charge on any atom is -0.478 e. The normalized spacial score (nSPS) is 22.4. The number of carbonyl (C=O) groups excluding carboxylic acids is 1. The van der Waals surface area contributed by atoms with Crippen LogP contribution in [0.4, 0.5) is 0 Å². The number of carbonyl (C=O) groups is 1. The third-order valence-electron chi connectivity index (χ3n) is 3.81. The molecular weight excluding hydrogens is 274 g/mol. The molecule has 1 atom stereocenters. The van der Waals surface area contributed by atoms with Crippen molar-refractivity contribution in [3.63, 3.8) is 0 Å². The predicted molar refractivity (Wildman–Crippen MR) is 74.6 cm³/mol. The van der Waals surface area contributed by atoms with E-state index >= 15 is 0 Å². The van der Waals surface area contributed by atoms with Gasteiger partial charge in [-0.3, -0.25) is 4.90 Å². The molecule has 2 aliphatic rings. The first-order valence-electron chi connectivity index (χ1n) is 7.47. The van der Waals surface area contributed by atoms with E-state index in [2.05, 4.69) is 10.00 Å². The summed E-state index contributed by atoms with van der Waals surface area (Å²) in [5.41, 5.74) is 0.320. The fraction of sp³-hybridized carbons (Fsp3) is 0.714. The Morgan fingerprint density at radius 3 is 3.00 bits per heavy atom. The van der Waals surface area contributed by atoms with Gasteiger partial charge in [-0.25, -0.2) is 9.48 Å². The molecule has 0 aliphatic carbocycles. The molecule has 0 saturated carbocycles. The van der Waals surface area contributed by atoms with Gasteiger partial charge in [0.25, 0.3) is 0 Å². The number of rotatable bonds is 4. The van der Waals surface area contributed by atoms with Crippen LogP contribution in [0.3, 0.4) is 0 Å². The largest absolute Gasteiger partial charge is 0.478 e. The number of aromatic nitrogens is 2. The molecule has 0 aromatic carbocycles. The Kier molecular flexibility index (Phi) is 4.40.